The van der Waals surface area contributed by atoms with E-state index in [0.717, 1.165) is 0 Å². The number of halogens is 1. The first kappa shape index (κ1) is 20.7. The van der Waals surface area contributed by atoms with E-state index in [0.29, 0.717) is 11.3 Å². The minimum Gasteiger partial charge on any atom is -0.464 e. The van der Waals surface area contributed by atoms with Crippen molar-refractivity contribution in [3.63, 3.8) is 0 Å². The third kappa shape index (κ3) is 6.99. The molecule has 0 aliphatic carbocycles. The summed E-state index contributed by atoms with van der Waals surface area (Å²) in [6.07, 6.45) is -0.589. The van der Waals surface area contributed by atoms with E-state index in [9.17, 15) is 14.0 Å². The monoisotopic (exact) mass is 355 g/mol. The Balaban J connectivity index is 3.01. The summed E-state index contributed by atoms with van der Waals surface area (Å²) in [7, 11) is 0. The normalized spacial score (nSPS) is 13.5. The molecule has 6 nitrogen and oxygen atoms in total. The molecule has 0 heterocycles. The van der Waals surface area contributed by atoms with Crippen molar-refractivity contribution in [1.29, 1.82) is 0 Å². The number of nitrogens with one attached hydrogen (secondary N) is 1. The fraction of sp³-hybridized carbons (Fsp3) is 0.556. The third-order valence-corrected chi connectivity index (χ3v) is 3.18. The predicted octanol–water partition coefficient (Wildman–Crippen LogP) is 3.38. The minimum absolute atomic E-state index is 0.133. The first-order valence-corrected chi connectivity index (χ1v) is 8.05. The van der Waals surface area contributed by atoms with Gasteiger partial charge in [-0.3, -0.25) is 0 Å². The molecule has 0 saturated carbocycles. The fourth-order valence-electron chi connectivity index (χ4n) is 2.20. The lowest BCUT2D eigenvalue weighted by atomic mass is 9.92. The number of amides is 1. The van der Waals surface area contributed by atoms with Gasteiger partial charge in [-0.1, -0.05) is 12.1 Å². The smallest absolute Gasteiger partial charge is 0.408 e. The van der Waals surface area contributed by atoms with Crippen molar-refractivity contribution in [2.75, 3.05) is 13.5 Å². The van der Waals surface area contributed by atoms with Gasteiger partial charge in [0, 0.05) is 6.42 Å². The molecule has 0 saturated heterocycles. The van der Waals surface area contributed by atoms with Crippen molar-refractivity contribution in [2.24, 2.45) is 0 Å². The first-order valence-electron chi connectivity index (χ1n) is 8.05. The van der Waals surface area contributed by atoms with Crippen LogP contribution in [0.15, 0.2) is 24.3 Å². The lowest BCUT2D eigenvalue weighted by Gasteiger charge is -2.30. The zero-order valence-corrected chi connectivity index (χ0v) is 15.3. The summed E-state index contributed by atoms with van der Waals surface area (Å²) in [5.41, 5.74) is -1.36. The molecule has 1 aromatic rings. The SMILES string of the molecule is CCOC(=O)[C@](C)(Cc1cccc(OCF)c1)NC(=O)OC(C)(C)C. The molecule has 0 radical (unpaired) electrons. The fourth-order valence-corrected chi connectivity index (χ4v) is 2.20. The van der Waals surface area contributed by atoms with Gasteiger partial charge in [-0.2, -0.15) is 0 Å². The zero-order valence-electron chi connectivity index (χ0n) is 15.3. The summed E-state index contributed by atoms with van der Waals surface area (Å²) in [6, 6.07) is 6.64. The number of alkyl halides is 1. The van der Waals surface area contributed by atoms with E-state index in [1.807, 2.05) is 0 Å². The summed E-state index contributed by atoms with van der Waals surface area (Å²) < 4.78 is 27.5. The maximum Gasteiger partial charge on any atom is 0.408 e. The van der Waals surface area contributed by atoms with E-state index >= 15 is 0 Å². The maximum atomic E-state index is 12.4. The van der Waals surface area contributed by atoms with Gasteiger partial charge in [-0.05, 0) is 52.3 Å². The highest BCUT2D eigenvalue weighted by molar-refractivity contribution is 5.85. The average Bonchev–Trinajstić information content (AvgIpc) is 2.45. The van der Waals surface area contributed by atoms with Gasteiger partial charge in [0.25, 0.3) is 0 Å². The second kappa shape index (κ2) is 8.69. The van der Waals surface area contributed by atoms with Gasteiger partial charge < -0.3 is 19.5 Å². The van der Waals surface area contributed by atoms with Crippen LogP contribution in [0.3, 0.4) is 0 Å². The molecule has 1 aromatic carbocycles. The third-order valence-electron chi connectivity index (χ3n) is 3.18. The summed E-state index contributed by atoms with van der Waals surface area (Å²) in [4.78, 5) is 24.5. The number of alkyl carbamates (subject to hydrolysis) is 1. The van der Waals surface area contributed by atoms with Crippen LogP contribution in [0.4, 0.5) is 9.18 Å². The lowest BCUT2D eigenvalue weighted by Crippen LogP contribution is -2.55. The molecule has 0 aliphatic heterocycles. The van der Waals surface area contributed by atoms with Crippen molar-refractivity contribution in [2.45, 2.75) is 52.2 Å². The van der Waals surface area contributed by atoms with Crippen LogP contribution in [0, 0.1) is 0 Å². The molecule has 0 bridgehead atoms. The molecule has 140 valence electrons. The van der Waals surface area contributed by atoms with Crippen molar-refractivity contribution in [1.82, 2.24) is 5.32 Å². The molecule has 0 aliphatic rings. The van der Waals surface area contributed by atoms with Crippen LogP contribution in [-0.2, 0) is 20.7 Å². The molecule has 7 heteroatoms. The van der Waals surface area contributed by atoms with Gasteiger partial charge >= 0.3 is 12.1 Å². The first-order chi connectivity index (χ1) is 11.6. The van der Waals surface area contributed by atoms with Gasteiger partial charge in [-0.25, -0.2) is 14.0 Å². The van der Waals surface area contributed by atoms with Crippen molar-refractivity contribution in [3.05, 3.63) is 29.8 Å². The Kier molecular flexibility index (Phi) is 7.21. The minimum atomic E-state index is -1.34. The molecule has 1 rings (SSSR count). The standard InChI is InChI=1S/C18H26FNO5/c1-6-23-15(21)18(5,20-16(22)25-17(2,3)4)11-13-8-7-9-14(10-13)24-12-19/h7-10H,6,11-12H2,1-5H3,(H,20,22)/t18-/m0/s1. The number of carbonyl (C=O) groups excluding carboxylic acids is 2. The molecular weight excluding hydrogens is 329 g/mol. The molecule has 0 unspecified atom stereocenters. The highest BCUT2D eigenvalue weighted by Crippen LogP contribution is 2.21. The lowest BCUT2D eigenvalue weighted by molar-refractivity contribution is -0.150. The Hall–Kier alpha value is -2.31. The van der Waals surface area contributed by atoms with Crippen molar-refractivity contribution >= 4 is 12.1 Å². The van der Waals surface area contributed by atoms with Gasteiger partial charge in [-0.15, -0.1) is 0 Å². The second-order valence-corrected chi connectivity index (χ2v) is 6.76. The molecule has 1 atom stereocenters. The summed E-state index contributed by atoms with van der Waals surface area (Å²) >= 11 is 0. The molecule has 0 fully saturated rings. The Morgan fingerprint density at radius 1 is 1.20 bits per heavy atom. The summed E-state index contributed by atoms with van der Waals surface area (Å²) in [6.45, 7) is 7.65. The van der Waals surface area contributed by atoms with E-state index < -0.39 is 30.1 Å². The largest absolute Gasteiger partial charge is 0.464 e. The summed E-state index contributed by atoms with van der Waals surface area (Å²) in [5.74, 6) is -0.249. The van der Waals surface area contributed by atoms with Crippen LogP contribution in [0.1, 0.15) is 40.2 Å². The van der Waals surface area contributed by atoms with Crippen LogP contribution >= 0.6 is 0 Å². The Morgan fingerprint density at radius 3 is 2.44 bits per heavy atom. The predicted molar refractivity (Wildman–Crippen MR) is 91.2 cm³/mol. The van der Waals surface area contributed by atoms with Crippen LogP contribution in [0.25, 0.3) is 0 Å². The number of carbonyl (C=O) groups is 2. The van der Waals surface area contributed by atoms with Crippen LogP contribution in [0.2, 0.25) is 0 Å². The van der Waals surface area contributed by atoms with Crippen LogP contribution in [0.5, 0.6) is 5.75 Å². The van der Waals surface area contributed by atoms with Gasteiger partial charge in [0.15, 0.2) is 0 Å². The molecule has 0 spiro atoms. The van der Waals surface area contributed by atoms with Gasteiger partial charge in [0.1, 0.15) is 16.9 Å². The topological polar surface area (TPSA) is 73.9 Å². The van der Waals surface area contributed by atoms with E-state index in [2.05, 4.69) is 5.32 Å². The van der Waals surface area contributed by atoms with E-state index in [4.69, 9.17) is 14.2 Å². The van der Waals surface area contributed by atoms with E-state index in [1.54, 1.807) is 58.9 Å². The molecule has 1 amide bonds. The highest BCUT2D eigenvalue weighted by atomic mass is 19.1. The summed E-state index contributed by atoms with van der Waals surface area (Å²) in [5, 5.41) is 2.58. The number of rotatable bonds is 7. The Morgan fingerprint density at radius 2 is 1.88 bits per heavy atom. The van der Waals surface area contributed by atoms with E-state index in [-0.39, 0.29) is 13.0 Å². The number of benzene rings is 1. The van der Waals surface area contributed by atoms with Crippen LogP contribution in [-0.4, -0.2) is 36.7 Å². The van der Waals surface area contributed by atoms with E-state index in [1.165, 1.54) is 0 Å². The van der Waals surface area contributed by atoms with Gasteiger partial charge in [0.05, 0.1) is 6.61 Å². The van der Waals surface area contributed by atoms with Crippen molar-refractivity contribution in [3.8, 4) is 5.75 Å². The number of hydrogen-bond donors (Lipinski definition) is 1. The number of hydrogen-bond acceptors (Lipinski definition) is 5. The van der Waals surface area contributed by atoms with Crippen molar-refractivity contribution < 1.29 is 28.2 Å². The quantitative estimate of drug-likeness (QED) is 0.759. The number of esters is 1. The molecule has 1 N–H and O–H groups in total. The Bertz CT molecular complexity index is 599. The zero-order chi connectivity index (χ0) is 19.1. The number of ether oxygens (including phenoxy) is 3. The van der Waals surface area contributed by atoms with Gasteiger partial charge in [0.2, 0.25) is 6.86 Å². The second-order valence-electron chi connectivity index (χ2n) is 6.76. The molecule has 0 aromatic heterocycles. The maximum absolute atomic E-state index is 12.4. The average molecular weight is 355 g/mol. The Labute approximate surface area is 147 Å². The molecule has 25 heavy (non-hydrogen) atoms. The molecular formula is C18H26FNO5. The highest BCUT2D eigenvalue weighted by Gasteiger charge is 2.38. The van der Waals surface area contributed by atoms with Crippen LogP contribution < -0.4 is 10.1 Å².